The van der Waals surface area contributed by atoms with E-state index >= 15 is 0 Å². The number of hydrogen-bond acceptors (Lipinski definition) is 7. The summed E-state index contributed by atoms with van der Waals surface area (Å²) in [7, 11) is 0.504. The maximum Gasteiger partial charge on any atom is 0.337 e. The lowest BCUT2D eigenvalue weighted by Crippen LogP contribution is -2.29. The molecule has 0 unspecified atom stereocenters. The molecule has 0 amide bonds. The number of fused-ring (bicyclic) bond motifs is 1. The summed E-state index contributed by atoms with van der Waals surface area (Å²) in [5, 5.41) is 9.46. The number of carbonyl (C=O) groups is 1. The first-order valence-electron chi connectivity index (χ1n) is 8.27. The Bertz CT molecular complexity index is 1020. The van der Waals surface area contributed by atoms with Crippen LogP contribution in [0.25, 0.3) is 0 Å². The quantitative estimate of drug-likeness (QED) is 0.746. The molecule has 0 bridgehead atoms. The Morgan fingerprint density at radius 3 is 2.50 bits per heavy atom. The van der Waals surface area contributed by atoms with E-state index in [0.717, 1.165) is 0 Å². The van der Waals surface area contributed by atoms with Gasteiger partial charge >= 0.3 is 5.97 Å². The maximum absolute atomic E-state index is 12.9. The number of nitrogens with zero attached hydrogens (tertiary/aromatic N) is 1. The molecule has 2 aromatic rings. The number of sulfonamides is 1. The van der Waals surface area contributed by atoms with Gasteiger partial charge in [0.15, 0.2) is 11.5 Å². The van der Waals surface area contributed by atoms with Crippen LogP contribution in [0.1, 0.15) is 10.4 Å². The van der Waals surface area contributed by atoms with Gasteiger partial charge in [-0.2, -0.15) is 0 Å². The van der Waals surface area contributed by atoms with Gasteiger partial charge in [-0.15, -0.1) is 0 Å². The molecule has 0 aliphatic carbocycles. The molecular weight excluding hydrogens is 388 g/mol. The van der Waals surface area contributed by atoms with Crippen molar-refractivity contribution in [1.29, 1.82) is 0 Å². The molecule has 0 saturated carbocycles. The van der Waals surface area contributed by atoms with Gasteiger partial charge in [0.05, 0.1) is 42.6 Å². The molecule has 10 heteroatoms. The van der Waals surface area contributed by atoms with Crippen molar-refractivity contribution >= 4 is 27.4 Å². The van der Waals surface area contributed by atoms with E-state index in [9.17, 15) is 18.3 Å². The predicted octanol–water partition coefficient (Wildman–Crippen LogP) is 2.03. The molecule has 0 fully saturated rings. The highest BCUT2D eigenvalue weighted by molar-refractivity contribution is 7.92. The first-order chi connectivity index (χ1) is 13.3. The molecule has 3 rings (SSSR count). The van der Waals surface area contributed by atoms with Gasteiger partial charge in [0.25, 0.3) is 10.0 Å². The van der Waals surface area contributed by atoms with E-state index < -0.39 is 16.0 Å². The molecular formula is C18H20N2O7S. The van der Waals surface area contributed by atoms with Crippen LogP contribution in [0.15, 0.2) is 35.2 Å². The number of nitrogens with one attached hydrogen (secondary N) is 1. The smallest absolute Gasteiger partial charge is 0.337 e. The van der Waals surface area contributed by atoms with Crippen LogP contribution in [0.2, 0.25) is 0 Å². The number of methoxy groups -OCH3 is 2. The molecule has 150 valence electrons. The summed E-state index contributed by atoms with van der Waals surface area (Å²) in [6.45, 7) is 1.14. The van der Waals surface area contributed by atoms with Crippen LogP contribution in [0.5, 0.6) is 17.2 Å². The summed E-state index contributed by atoms with van der Waals surface area (Å²) in [6, 6.07) is 6.94. The number of anilines is 2. The molecule has 0 saturated heterocycles. The Labute approximate surface area is 162 Å². The van der Waals surface area contributed by atoms with E-state index in [0.29, 0.717) is 24.6 Å². The van der Waals surface area contributed by atoms with Gasteiger partial charge in [-0.3, -0.25) is 4.72 Å². The number of aromatic carboxylic acids is 1. The van der Waals surface area contributed by atoms with Crippen molar-refractivity contribution in [2.24, 2.45) is 0 Å². The van der Waals surface area contributed by atoms with Crippen molar-refractivity contribution in [3.63, 3.8) is 0 Å². The second kappa shape index (κ2) is 7.47. The minimum atomic E-state index is -4.06. The summed E-state index contributed by atoms with van der Waals surface area (Å²) < 4.78 is 43.9. The van der Waals surface area contributed by atoms with Crippen molar-refractivity contribution in [2.75, 3.05) is 44.0 Å². The Morgan fingerprint density at radius 1 is 1.18 bits per heavy atom. The van der Waals surface area contributed by atoms with E-state index in [4.69, 9.17) is 14.2 Å². The molecule has 28 heavy (non-hydrogen) atoms. The average Bonchev–Trinajstić information content (AvgIpc) is 2.67. The molecule has 2 N–H and O–H groups in total. The standard InChI is InChI=1S/C18H20N2O7S/c1-20-6-7-27-15-5-4-11(8-14(15)20)28(23,24)19-13-10-17(26-3)16(25-2)9-12(13)18(21)22/h4-5,8-10,19H,6-7H2,1-3H3,(H,21,22). The lowest BCUT2D eigenvalue weighted by atomic mass is 10.1. The number of ether oxygens (including phenoxy) is 3. The molecule has 1 heterocycles. The number of hydrogen-bond donors (Lipinski definition) is 2. The minimum absolute atomic E-state index is 0.0188. The van der Waals surface area contributed by atoms with Crippen LogP contribution >= 0.6 is 0 Å². The molecule has 2 aromatic carbocycles. The van der Waals surface area contributed by atoms with E-state index in [1.807, 2.05) is 11.9 Å². The number of carboxylic acid groups (broad SMARTS) is 1. The van der Waals surface area contributed by atoms with Crippen LogP contribution in [0.4, 0.5) is 11.4 Å². The Kier molecular flexibility index (Phi) is 5.23. The topological polar surface area (TPSA) is 114 Å². The Hall–Kier alpha value is -3.14. The van der Waals surface area contributed by atoms with Gasteiger partial charge in [0.1, 0.15) is 12.4 Å². The van der Waals surface area contributed by atoms with Crippen molar-refractivity contribution in [1.82, 2.24) is 0 Å². The third-order valence-electron chi connectivity index (χ3n) is 4.33. The van der Waals surface area contributed by atoms with E-state index in [-0.39, 0.29) is 27.6 Å². The zero-order chi connectivity index (χ0) is 20.5. The highest BCUT2D eigenvalue weighted by Crippen LogP contribution is 2.36. The molecule has 0 spiro atoms. The summed E-state index contributed by atoms with van der Waals surface area (Å²) >= 11 is 0. The molecule has 9 nitrogen and oxygen atoms in total. The van der Waals surface area contributed by atoms with Crippen molar-refractivity contribution in [3.05, 3.63) is 35.9 Å². The van der Waals surface area contributed by atoms with Gasteiger partial charge in [0.2, 0.25) is 0 Å². The zero-order valence-electron chi connectivity index (χ0n) is 15.6. The predicted molar refractivity (Wildman–Crippen MR) is 103 cm³/mol. The van der Waals surface area contributed by atoms with Gasteiger partial charge in [-0.25, -0.2) is 13.2 Å². The van der Waals surface area contributed by atoms with Crippen LogP contribution in [-0.2, 0) is 10.0 Å². The number of benzene rings is 2. The fourth-order valence-corrected chi connectivity index (χ4v) is 3.93. The lowest BCUT2D eigenvalue weighted by Gasteiger charge is -2.28. The summed E-state index contributed by atoms with van der Waals surface area (Å²) in [4.78, 5) is 13.5. The molecule has 0 aromatic heterocycles. The maximum atomic E-state index is 12.9. The van der Waals surface area contributed by atoms with E-state index in [1.165, 1.54) is 38.5 Å². The highest BCUT2D eigenvalue weighted by atomic mass is 32.2. The summed E-state index contributed by atoms with van der Waals surface area (Å²) in [6.07, 6.45) is 0. The van der Waals surface area contributed by atoms with E-state index in [2.05, 4.69) is 4.72 Å². The van der Waals surface area contributed by atoms with Gasteiger partial charge in [-0.05, 0) is 18.2 Å². The Balaban J connectivity index is 2.03. The van der Waals surface area contributed by atoms with Gasteiger partial charge < -0.3 is 24.2 Å². The van der Waals surface area contributed by atoms with Gasteiger partial charge in [0, 0.05) is 19.2 Å². The second-order valence-electron chi connectivity index (χ2n) is 6.06. The van der Waals surface area contributed by atoms with E-state index in [1.54, 1.807) is 6.07 Å². The first-order valence-corrected chi connectivity index (χ1v) is 9.75. The number of likely N-dealkylation sites (N-methyl/N-ethyl adjacent to an activating group) is 1. The normalized spacial score (nSPS) is 13.3. The third-order valence-corrected chi connectivity index (χ3v) is 5.70. The zero-order valence-corrected chi connectivity index (χ0v) is 16.4. The average molecular weight is 408 g/mol. The first kappa shape index (κ1) is 19.6. The third kappa shape index (κ3) is 3.63. The largest absolute Gasteiger partial charge is 0.493 e. The van der Waals surface area contributed by atoms with Gasteiger partial charge in [-0.1, -0.05) is 0 Å². The fourth-order valence-electron chi connectivity index (χ4n) is 2.84. The summed E-state index contributed by atoms with van der Waals surface area (Å²) in [5.74, 6) is -0.346. The molecule has 0 radical (unpaired) electrons. The van der Waals surface area contributed by atoms with Crippen molar-refractivity contribution < 1.29 is 32.5 Å². The van der Waals surface area contributed by atoms with Crippen molar-refractivity contribution in [2.45, 2.75) is 4.90 Å². The van der Waals surface area contributed by atoms with Crippen LogP contribution in [-0.4, -0.2) is 53.9 Å². The number of rotatable bonds is 6. The molecule has 1 aliphatic heterocycles. The number of carboxylic acids is 1. The van der Waals surface area contributed by atoms with Crippen LogP contribution < -0.4 is 23.8 Å². The Morgan fingerprint density at radius 2 is 1.86 bits per heavy atom. The minimum Gasteiger partial charge on any atom is -0.493 e. The molecule has 0 atom stereocenters. The van der Waals surface area contributed by atoms with Crippen LogP contribution in [0.3, 0.4) is 0 Å². The monoisotopic (exact) mass is 408 g/mol. The fraction of sp³-hybridized carbons (Fsp3) is 0.278. The summed E-state index contributed by atoms with van der Waals surface area (Å²) in [5.41, 5.74) is 0.243. The van der Waals surface area contributed by atoms with Crippen LogP contribution in [0, 0.1) is 0 Å². The SMILES string of the molecule is COc1cc(NS(=O)(=O)c2ccc3c(c2)N(C)CCO3)c(C(=O)O)cc1OC. The highest BCUT2D eigenvalue weighted by Gasteiger charge is 2.24. The molecule has 1 aliphatic rings. The second-order valence-corrected chi connectivity index (χ2v) is 7.75. The van der Waals surface area contributed by atoms with Crippen molar-refractivity contribution in [3.8, 4) is 17.2 Å². The lowest BCUT2D eigenvalue weighted by molar-refractivity contribution is 0.0697.